The zero-order chi connectivity index (χ0) is 14.0. The lowest BCUT2D eigenvalue weighted by atomic mass is 9.74. The van der Waals surface area contributed by atoms with Crippen LogP contribution in [0.2, 0.25) is 0 Å². The van der Waals surface area contributed by atoms with Gasteiger partial charge >= 0.3 is 0 Å². The number of hydrogen-bond donors (Lipinski definition) is 0. The van der Waals surface area contributed by atoms with Crippen molar-refractivity contribution in [2.24, 2.45) is 17.8 Å². The summed E-state index contributed by atoms with van der Waals surface area (Å²) in [4.78, 5) is 0. The van der Waals surface area contributed by atoms with Crippen molar-refractivity contribution in [3.8, 4) is 0 Å². The third-order valence-corrected chi connectivity index (χ3v) is 4.96. The Labute approximate surface area is 119 Å². The lowest BCUT2D eigenvalue weighted by molar-refractivity contribution is 0.217. The van der Waals surface area contributed by atoms with Crippen molar-refractivity contribution in [3.63, 3.8) is 0 Å². The summed E-state index contributed by atoms with van der Waals surface area (Å²) in [5.41, 5.74) is 0.458. The van der Waals surface area contributed by atoms with Gasteiger partial charge in [0.1, 0.15) is 0 Å². The van der Waals surface area contributed by atoms with E-state index in [9.17, 15) is 8.78 Å². The van der Waals surface area contributed by atoms with Crippen LogP contribution in [-0.4, -0.2) is 5.38 Å². The van der Waals surface area contributed by atoms with Gasteiger partial charge in [0.2, 0.25) is 0 Å². The smallest absolute Gasteiger partial charge is 0.162 e. The summed E-state index contributed by atoms with van der Waals surface area (Å²) in [7, 11) is 0. The Morgan fingerprint density at radius 3 is 2.68 bits per heavy atom. The van der Waals surface area contributed by atoms with E-state index < -0.39 is 11.6 Å². The molecule has 0 aromatic heterocycles. The molecule has 0 saturated heterocycles. The summed E-state index contributed by atoms with van der Waals surface area (Å²) in [6.07, 6.45) is 3.68. The molecule has 1 aliphatic rings. The Kier molecular flexibility index (Phi) is 4.83. The topological polar surface area (TPSA) is 0 Å². The fraction of sp³-hybridized carbons (Fsp3) is 0.625. The molecule has 1 aromatic rings. The minimum atomic E-state index is -0.764. The zero-order valence-corrected chi connectivity index (χ0v) is 12.3. The second-order valence-corrected chi connectivity index (χ2v) is 6.57. The summed E-state index contributed by atoms with van der Waals surface area (Å²) in [6, 6.07) is 4.40. The molecule has 1 saturated carbocycles. The maximum atomic E-state index is 13.7. The molecule has 3 heteroatoms. The fourth-order valence-corrected chi connectivity index (χ4v) is 3.39. The predicted octanol–water partition coefficient (Wildman–Crippen LogP) is 5.19. The van der Waals surface area contributed by atoms with Crippen molar-refractivity contribution in [1.29, 1.82) is 0 Å². The molecule has 0 N–H and O–H groups in total. The minimum absolute atomic E-state index is 0.0812. The Balaban J connectivity index is 2.10. The second kappa shape index (κ2) is 6.21. The molecule has 2 rings (SSSR count). The van der Waals surface area contributed by atoms with Crippen LogP contribution in [0.25, 0.3) is 0 Å². The van der Waals surface area contributed by atoms with Gasteiger partial charge in [-0.2, -0.15) is 0 Å². The standard InChI is InChI=1S/C16H21ClF2/c1-10(2)11-6-7-14(17)13(8-11)9-12-4-3-5-15(18)16(12)19/h3-5,10-11,13-14H,6-9H2,1-2H3. The van der Waals surface area contributed by atoms with Crippen LogP contribution in [-0.2, 0) is 6.42 Å². The van der Waals surface area contributed by atoms with Gasteiger partial charge in [-0.05, 0) is 55.1 Å². The first kappa shape index (κ1) is 14.8. The zero-order valence-electron chi connectivity index (χ0n) is 11.5. The molecular weight excluding hydrogens is 266 g/mol. The molecule has 0 spiro atoms. The predicted molar refractivity (Wildman–Crippen MR) is 75.4 cm³/mol. The van der Waals surface area contributed by atoms with E-state index in [1.165, 1.54) is 0 Å². The molecule has 3 unspecified atom stereocenters. The van der Waals surface area contributed by atoms with Crippen LogP contribution in [0.4, 0.5) is 8.78 Å². The molecular formula is C16H21ClF2. The summed E-state index contributed by atoms with van der Waals surface area (Å²) in [5.74, 6) is 0.0534. The van der Waals surface area contributed by atoms with E-state index in [4.69, 9.17) is 11.6 Å². The molecule has 0 heterocycles. The first-order valence-electron chi connectivity index (χ1n) is 7.06. The van der Waals surface area contributed by atoms with Gasteiger partial charge in [-0.15, -0.1) is 11.6 Å². The average Bonchev–Trinajstić information content (AvgIpc) is 2.37. The van der Waals surface area contributed by atoms with E-state index >= 15 is 0 Å². The van der Waals surface area contributed by atoms with Crippen molar-refractivity contribution < 1.29 is 8.78 Å². The van der Waals surface area contributed by atoms with Gasteiger partial charge < -0.3 is 0 Å². The first-order chi connectivity index (χ1) is 8.99. The van der Waals surface area contributed by atoms with Gasteiger partial charge in [-0.3, -0.25) is 0 Å². The highest BCUT2D eigenvalue weighted by molar-refractivity contribution is 6.20. The number of hydrogen-bond acceptors (Lipinski definition) is 0. The molecule has 106 valence electrons. The van der Waals surface area contributed by atoms with E-state index in [2.05, 4.69) is 13.8 Å². The van der Waals surface area contributed by atoms with E-state index in [0.29, 0.717) is 23.8 Å². The van der Waals surface area contributed by atoms with E-state index in [0.717, 1.165) is 25.3 Å². The largest absolute Gasteiger partial charge is 0.204 e. The van der Waals surface area contributed by atoms with E-state index in [1.807, 2.05) is 0 Å². The van der Waals surface area contributed by atoms with Crippen molar-refractivity contribution in [2.45, 2.75) is 44.9 Å². The van der Waals surface area contributed by atoms with Gasteiger partial charge in [-0.1, -0.05) is 26.0 Å². The fourth-order valence-electron chi connectivity index (χ4n) is 3.07. The molecule has 0 nitrogen and oxygen atoms in total. The second-order valence-electron chi connectivity index (χ2n) is 6.01. The molecule has 19 heavy (non-hydrogen) atoms. The van der Waals surface area contributed by atoms with Crippen LogP contribution < -0.4 is 0 Å². The highest BCUT2D eigenvalue weighted by atomic mass is 35.5. The van der Waals surface area contributed by atoms with Crippen LogP contribution in [0.3, 0.4) is 0 Å². The molecule has 1 fully saturated rings. The number of halogens is 3. The van der Waals surface area contributed by atoms with Crippen molar-refractivity contribution in [1.82, 2.24) is 0 Å². The first-order valence-corrected chi connectivity index (χ1v) is 7.49. The van der Waals surface area contributed by atoms with Crippen molar-refractivity contribution >= 4 is 11.6 Å². The Bertz CT molecular complexity index is 431. The Hall–Kier alpha value is -0.630. The van der Waals surface area contributed by atoms with Gasteiger partial charge in [0.05, 0.1) is 0 Å². The molecule has 1 aromatic carbocycles. The van der Waals surface area contributed by atoms with E-state index in [-0.39, 0.29) is 11.3 Å². The third-order valence-electron chi connectivity index (χ3n) is 4.39. The van der Waals surface area contributed by atoms with Crippen LogP contribution in [0.15, 0.2) is 18.2 Å². The van der Waals surface area contributed by atoms with Crippen LogP contribution in [0.5, 0.6) is 0 Å². The van der Waals surface area contributed by atoms with Crippen molar-refractivity contribution in [3.05, 3.63) is 35.4 Å². The molecule has 0 aliphatic heterocycles. The van der Waals surface area contributed by atoms with Crippen LogP contribution in [0, 0.1) is 29.4 Å². The van der Waals surface area contributed by atoms with Gasteiger partial charge in [0, 0.05) is 5.38 Å². The van der Waals surface area contributed by atoms with Gasteiger partial charge in [0.25, 0.3) is 0 Å². The van der Waals surface area contributed by atoms with E-state index in [1.54, 1.807) is 12.1 Å². The van der Waals surface area contributed by atoms with Gasteiger partial charge in [0.15, 0.2) is 11.6 Å². The molecule has 0 radical (unpaired) electrons. The Morgan fingerprint density at radius 1 is 1.26 bits per heavy atom. The SMILES string of the molecule is CC(C)C1CCC(Cl)C(Cc2cccc(F)c2F)C1. The highest BCUT2D eigenvalue weighted by Gasteiger charge is 2.31. The molecule has 0 bridgehead atoms. The highest BCUT2D eigenvalue weighted by Crippen LogP contribution is 2.38. The quantitative estimate of drug-likeness (QED) is 0.671. The molecule has 1 aliphatic carbocycles. The maximum absolute atomic E-state index is 13.7. The lowest BCUT2D eigenvalue weighted by Gasteiger charge is -2.35. The van der Waals surface area contributed by atoms with Crippen LogP contribution >= 0.6 is 11.6 Å². The number of rotatable bonds is 3. The summed E-state index contributed by atoms with van der Waals surface area (Å²) in [6.45, 7) is 4.44. The summed E-state index contributed by atoms with van der Waals surface area (Å²) in [5, 5.41) is 0.0812. The number of alkyl halides is 1. The number of benzene rings is 1. The summed E-state index contributed by atoms with van der Waals surface area (Å²) < 4.78 is 26.9. The lowest BCUT2D eigenvalue weighted by Crippen LogP contribution is -2.29. The molecule has 3 atom stereocenters. The molecule has 0 amide bonds. The monoisotopic (exact) mass is 286 g/mol. The van der Waals surface area contributed by atoms with Crippen molar-refractivity contribution in [2.75, 3.05) is 0 Å². The van der Waals surface area contributed by atoms with Gasteiger partial charge in [-0.25, -0.2) is 8.78 Å². The third kappa shape index (κ3) is 3.47. The Morgan fingerprint density at radius 2 is 2.00 bits per heavy atom. The van der Waals surface area contributed by atoms with Crippen LogP contribution in [0.1, 0.15) is 38.7 Å². The average molecular weight is 287 g/mol. The minimum Gasteiger partial charge on any atom is -0.204 e. The maximum Gasteiger partial charge on any atom is 0.162 e. The summed E-state index contributed by atoms with van der Waals surface area (Å²) >= 11 is 6.38. The normalized spacial score (nSPS) is 27.8.